The summed E-state index contributed by atoms with van der Waals surface area (Å²) in [5.41, 5.74) is 1.21. The highest BCUT2D eigenvalue weighted by Crippen LogP contribution is 2.50. The van der Waals surface area contributed by atoms with Gasteiger partial charge in [-0.05, 0) is 50.7 Å². The molecule has 0 saturated heterocycles. The molecule has 0 unspecified atom stereocenters. The first-order chi connectivity index (χ1) is 13.0. The maximum atomic E-state index is 13.8. The second-order valence-corrected chi connectivity index (χ2v) is 7.86. The fourth-order valence-electron chi connectivity index (χ4n) is 3.99. The summed E-state index contributed by atoms with van der Waals surface area (Å²) in [6.45, 7) is 1.70. The van der Waals surface area contributed by atoms with E-state index in [9.17, 15) is 9.18 Å². The van der Waals surface area contributed by atoms with Gasteiger partial charge in [-0.25, -0.2) is 4.39 Å². The summed E-state index contributed by atoms with van der Waals surface area (Å²) in [5, 5.41) is 0. The van der Waals surface area contributed by atoms with Gasteiger partial charge in [-0.2, -0.15) is 0 Å². The zero-order chi connectivity index (χ0) is 19.0. The molecule has 4 rings (SSSR count). The van der Waals surface area contributed by atoms with Crippen molar-refractivity contribution >= 4 is 5.91 Å². The molecule has 0 aromatic heterocycles. The molecule has 1 fully saturated rings. The third-order valence-corrected chi connectivity index (χ3v) is 5.56. The fourth-order valence-corrected chi connectivity index (χ4v) is 3.99. The zero-order valence-corrected chi connectivity index (χ0v) is 15.8. The highest BCUT2D eigenvalue weighted by Gasteiger charge is 2.54. The Labute approximate surface area is 159 Å². The van der Waals surface area contributed by atoms with Crippen LogP contribution >= 0.6 is 0 Å². The van der Waals surface area contributed by atoms with Gasteiger partial charge in [0.25, 0.3) is 0 Å². The minimum absolute atomic E-state index is 0.0501. The Morgan fingerprint density at radius 1 is 1.22 bits per heavy atom. The van der Waals surface area contributed by atoms with E-state index in [1.807, 2.05) is 49.3 Å². The van der Waals surface area contributed by atoms with Gasteiger partial charge in [-0.3, -0.25) is 4.79 Å². The summed E-state index contributed by atoms with van der Waals surface area (Å²) in [6, 6.07) is 14.3. The molecule has 0 N–H and O–H groups in total. The van der Waals surface area contributed by atoms with Gasteiger partial charge >= 0.3 is 0 Å². The van der Waals surface area contributed by atoms with Crippen LogP contribution in [-0.2, 0) is 16.8 Å². The Balaban J connectivity index is 1.68. The molecule has 0 radical (unpaired) electrons. The van der Waals surface area contributed by atoms with Crippen molar-refractivity contribution in [3.05, 3.63) is 65.5 Å². The van der Waals surface area contributed by atoms with E-state index >= 15 is 0 Å². The second kappa shape index (κ2) is 6.97. The normalized spacial score (nSPS) is 20.6. The first-order valence-corrected chi connectivity index (χ1v) is 9.42. The van der Waals surface area contributed by atoms with E-state index in [1.165, 1.54) is 12.1 Å². The van der Waals surface area contributed by atoms with Crippen LogP contribution in [0.3, 0.4) is 0 Å². The molecular weight excluding hydrogens is 343 g/mol. The van der Waals surface area contributed by atoms with Crippen molar-refractivity contribution in [2.24, 2.45) is 0 Å². The minimum Gasteiger partial charge on any atom is -0.491 e. The van der Waals surface area contributed by atoms with Crippen LogP contribution in [0.15, 0.2) is 48.5 Å². The fraction of sp³-hybridized carbons (Fsp3) is 0.409. The Hall–Kier alpha value is -2.40. The summed E-state index contributed by atoms with van der Waals surface area (Å²) < 4.78 is 19.8. The number of nitrogens with zero attached hydrogens (tertiary/aromatic N) is 2. The molecule has 2 aromatic carbocycles. The van der Waals surface area contributed by atoms with Gasteiger partial charge in [0.1, 0.15) is 18.2 Å². The number of fused-ring (bicyclic) bond motifs is 1. The number of carbonyl (C=O) groups excluding carboxylic acids is 1. The number of hydrogen-bond acceptors (Lipinski definition) is 3. The molecular formula is C22H25FN2O2. The standard InChI is InChI=1S/C22H25FN2O2/c1-24(2)14-19-15-27-20-9-4-3-6-16(20)13-25(19)21(26)22(10-11-22)17-7-5-8-18(23)12-17/h3-9,12,19H,10-11,13-15H2,1-2H3/t19-/m1/s1. The van der Waals surface area contributed by atoms with E-state index in [-0.39, 0.29) is 17.8 Å². The molecule has 2 aliphatic rings. The number of amides is 1. The summed E-state index contributed by atoms with van der Waals surface area (Å²) in [6.07, 6.45) is 1.53. The van der Waals surface area contributed by atoms with Crippen LogP contribution in [0.4, 0.5) is 4.39 Å². The lowest BCUT2D eigenvalue weighted by molar-refractivity contribution is -0.137. The van der Waals surface area contributed by atoms with Gasteiger partial charge in [0.15, 0.2) is 0 Å². The molecule has 27 heavy (non-hydrogen) atoms. The molecule has 1 heterocycles. The van der Waals surface area contributed by atoms with Gasteiger partial charge < -0.3 is 14.5 Å². The van der Waals surface area contributed by atoms with E-state index in [0.29, 0.717) is 13.2 Å². The summed E-state index contributed by atoms with van der Waals surface area (Å²) >= 11 is 0. The summed E-state index contributed by atoms with van der Waals surface area (Å²) in [7, 11) is 4.00. The van der Waals surface area contributed by atoms with Crippen LogP contribution in [0.5, 0.6) is 5.75 Å². The molecule has 0 bridgehead atoms. The lowest BCUT2D eigenvalue weighted by Crippen LogP contribution is -2.50. The largest absolute Gasteiger partial charge is 0.491 e. The van der Waals surface area contributed by atoms with Crippen molar-refractivity contribution in [1.29, 1.82) is 0 Å². The number of hydrogen-bond donors (Lipinski definition) is 0. The maximum Gasteiger partial charge on any atom is 0.233 e. The molecule has 0 spiro atoms. The number of rotatable bonds is 4. The topological polar surface area (TPSA) is 32.8 Å². The number of para-hydroxylation sites is 1. The first kappa shape index (κ1) is 18.0. The van der Waals surface area contributed by atoms with Crippen LogP contribution in [0.25, 0.3) is 0 Å². The molecule has 1 atom stereocenters. The Kier molecular flexibility index (Phi) is 4.64. The van der Waals surface area contributed by atoms with E-state index in [2.05, 4.69) is 4.90 Å². The van der Waals surface area contributed by atoms with Gasteiger partial charge in [0.2, 0.25) is 5.91 Å². The monoisotopic (exact) mass is 368 g/mol. The molecule has 1 aliphatic heterocycles. The van der Waals surface area contributed by atoms with Gasteiger partial charge in [-0.1, -0.05) is 30.3 Å². The van der Waals surface area contributed by atoms with Crippen molar-refractivity contribution in [3.63, 3.8) is 0 Å². The smallest absolute Gasteiger partial charge is 0.233 e. The maximum absolute atomic E-state index is 13.8. The molecule has 4 nitrogen and oxygen atoms in total. The van der Waals surface area contributed by atoms with E-state index < -0.39 is 5.41 Å². The van der Waals surface area contributed by atoms with Gasteiger partial charge in [0.05, 0.1) is 11.5 Å². The average molecular weight is 368 g/mol. The van der Waals surface area contributed by atoms with Crippen LogP contribution in [0.1, 0.15) is 24.0 Å². The lowest BCUT2D eigenvalue weighted by Gasteiger charge is -2.34. The Morgan fingerprint density at radius 3 is 2.70 bits per heavy atom. The molecule has 142 valence electrons. The predicted octanol–water partition coefficient (Wildman–Crippen LogP) is 3.21. The third-order valence-electron chi connectivity index (χ3n) is 5.56. The minimum atomic E-state index is -0.591. The summed E-state index contributed by atoms with van der Waals surface area (Å²) in [5.74, 6) is 0.633. The highest BCUT2D eigenvalue weighted by molar-refractivity contribution is 5.91. The van der Waals surface area contributed by atoms with Crippen molar-refractivity contribution in [3.8, 4) is 5.75 Å². The molecule has 1 saturated carbocycles. The Bertz CT molecular complexity index is 848. The SMILES string of the molecule is CN(C)C[C@@H]1COc2ccccc2CN1C(=O)C1(c2cccc(F)c2)CC1. The van der Waals surface area contributed by atoms with Crippen molar-refractivity contribution in [2.75, 3.05) is 27.2 Å². The van der Waals surface area contributed by atoms with Crippen molar-refractivity contribution in [1.82, 2.24) is 9.80 Å². The molecule has 1 amide bonds. The lowest BCUT2D eigenvalue weighted by atomic mass is 9.93. The first-order valence-electron chi connectivity index (χ1n) is 9.42. The predicted molar refractivity (Wildman–Crippen MR) is 102 cm³/mol. The van der Waals surface area contributed by atoms with Crippen LogP contribution < -0.4 is 4.74 Å². The van der Waals surface area contributed by atoms with E-state index in [4.69, 9.17) is 4.74 Å². The van der Waals surface area contributed by atoms with Crippen molar-refractivity contribution < 1.29 is 13.9 Å². The summed E-state index contributed by atoms with van der Waals surface area (Å²) in [4.78, 5) is 17.7. The van der Waals surface area contributed by atoms with E-state index in [0.717, 1.165) is 36.3 Å². The number of benzene rings is 2. The average Bonchev–Trinajstić information content (AvgIpc) is 3.46. The number of halogens is 1. The van der Waals surface area contributed by atoms with Gasteiger partial charge in [0, 0.05) is 18.7 Å². The Morgan fingerprint density at radius 2 is 2.00 bits per heavy atom. The van der Waals surface area contributed by atoms with Crippen LogP contribution in [0.2, 0.25) is 0 Å². The molecule has 2 aromatic rings. The van der Waals surface area contributed by atoms with Crippen LogP contribution in [-0.4, -0.2) is 49.0 Å². The molecule has 5 heteroatoms. The van der Waals surface area contributed by atoms with E-state index in [1.54, 1.807) is 6.07 Å². The number of ether oxygens (including phenoxy) is 1. The van der Waals surface area contributed by atoms with Gasteiger partial charge in [-0.15, -0.1) is 0 Å². The quantitative estimate of drug-likeness (QED) is 0.831. The highest BCUT2D eigenvalue weighted by atomic mass is 19.1. The third kappa shape index (κ3) is 3.44. The number of likely N-dealkylation sites (N-methyl/N-ethyl adjacent to an activating group) is 1. The second-order valence-electron chi connectivity index (χ2n) is 7.86. The van der Waals surface area contributed by atoms with Crippen LogP contribution in [0, 0.1) is 5.82 Å². The zero-order valence-electron chi connectivity index (χ0n) is 15.8. The number of carbonyl (C=O) groups is 1. The van der Waals surface area contributed by atoms with Crippen molar-refractivity contribution in [2.45, 2.75) is 30.8 Å². The molecule has 1 aliphatic carbocycles.